The lowest BCUT2D eigenvalue weighted by Crippen LogP contribution is -1.92. The molecule has 3 rings (SSSR count). The first-order valence-electron chi connectivity index (χ1n) is 6.74. The molecule has 0 aliphatic rings. The van der Waals surface area contributed by atoms with Crippen LogP contribution in [0.15, 0.2) is 36.4 Å². The molecule has 0 unspecified atom stereocenters. The fraction of sp³-hybridized carbons (Fsp3) is 0.188. The van der Waals surface area contributed by atoms with Gasteiger partial charge in [0.1, 0.15) is 16.6 Å². The van der Waals surface area contributed by atoms with Crippen molar-refractivity contribution in [2.45, 2.75) is 13.8 Å². The van der Waals surface area contributed by atoms with Gasteiger partial charge in [-0.1, -0.05) is 13.8 Å². The number of aromatic nitrogens is 1. The number of hydrogen-bond acceptors (Lipinski definition) is 4. The zero-order chi connectivity index (χ0) is 15.4. The maximum Gasteiger partial charge on any atom is 0.126 e. The Labute approximate surface area is 127 Å². The lowest BCUT2D eigenvalue weighted by molar-refractivity contribution is 0.476. The van der Waals surface area contributed by atoms with Crippen molar-refractivity contribution < 1.29 is 9.50 Å². The third-order valence-corrected chi connectivity index (χ3v) is 3.90. The summed E-state index contributed by atoms with van der Waals surface area (Å²) in [4.78, 5) is 4.51. The van der Waals surface area contributed by atoms with Crippen LogP contribution in [0.1, 0.15) is 13.8 Å². The summed E-state index contributed by atoms with van der Waals surface area (Å²) in [5.41, 5.74) is 2.37. The highest BCUT2D eigenvalue weighted by Gasteiger charge is 2.11. The number of rotatable bonds is 2. The van der Waals surface area contributed by atoms with Gasteiger partial charge in [0.15, 0.2) is 0 Å². The number of phenolic OH excluding ortho intramolecular Hbond substituents is 1. The molecule has 5 heteroatoms. The molecule has 0 radical (unpaired) electrons. The number of thiazole rings is 1. The predicted octanol–water partition coefficient (Wildman–Crippen LogP) is 4.88. The van der Waals surface area contributed by atoms with E-state index < -0.39 is 0 Å². The number of fused-ring (bicyclic) bond motifs is 1. The topological polar surface area (TPSA) is 45.2 Å². The van der Waals surface area contributed by atoms with Crippen molar-refractivity contribution >= 4 is 27.2 Å². The molecule has 0 fully saturated rings. The maximum atomic E-state index is 13.2. The zero-order valence-corrected chi connectivity index (χ0v) is 13.0. The molecule has 21 heavy (non-hydrogen) atoms. The second-order valence-electron chi connectivity index (χ2n) is 4.11. The van der Waals surface area contributed by atoms with Crippen LogP contribution in [-0.2, 0) is 0 Å². The van der Waals surface area contributed by atoms with Crippen LogP contribution in [0.2, 0.25) is 0 Å². The van der Waals surface area contributed by atoms with E-state index in [1.807, 2.05) is 13.8 Å². The van der Waals surface area contributed by atoms with E-state index >= 15 is 0 Å². The first kappa shape index (κ1) is 15.3. The summed E-state index contributed by atoms with van der Waals surface area (Å²) in [6.45, 7) is 4.00. The van der Waals surface area contributed by atoms with Crippen LogP contribution in [0.25, 0.3) is 20.8 Å². The van der Waals surface area contributed by atoms with Crippen molar-refractivity contribution in [3.8, 4) is 16.3 Å². The fourth-order valence-corrected chi connectivity index (χ4v) is 2.98. The maximum absolute atomic E-state index is 13.2. The Balaban J connectivity index is 0.000000774. The SMILES string of the molecule is CC.CNc1cc(F)ccc1-c1nc2ccc(O)cc2s1. The van der Waals surface area contributed by atoms with Crippen molar-refractivity contribution in [1.82, 2.24) is 4.98 Å². The van der Waals surface area contributed by atoms with Gasteiger partial charge in [0.2, 0.25) is 0 Å². The van der Waals surface area contributed by atoms with E-state index in [0.717, 1.165) is 20.8 Å². The van der Waals surface area contributed by atoms with Crippen LogP contribution in [0.4, 0.5) is 10.1 Å². The first-order chi connectivity index (χ1) is 10.2. The summed E-state index contributed by atoms with van der Waals surface area (Å²) < 4.78 is 14.1. The number of halogens is 1. The van der Waals surface area contributed by atoms with E-state index in [2.05, 4.69) is 10.3 Å². The summed E-state index contributed by atoms with van der Waals surface area (Å²) in [5, 5.41) is 13.2. The predicted molar refractivity (Wildman–Crippen MR) is 87.6 cm³/mol. The van der Waals surface area contributed by atoms with Crippen LogP contribution in [0.3, 0.4) is 0 Å². The summed E-state index contributed by atoms with van der Waals surface area (Å²) >= 11 is 1.47. The number of anilines is 1. The summed E-state index contributed by atoms with van der Waals surface area (Å²) in [7, 11) is 1.75. The number of benzene rings is 2. The van der Waals surface area contributed by atoms with Gasteiger partial charge in [-0.2, -0.15) is 0 Å². The molecule has 2 aromatic carbocycles. The molecule has 0 spiro atoms. The van der Waals surface area contributed by atoms with Gasteiger partial charge in [0.05, 0.1) is 10.2 Å². The van der Waals surface area contributed by atoms with Crippen LogP contribution in [0.5, 0.6) is 5.75 Å². The van der Waals surface area contributed by atoms with Gasteiger partial charge in [-0.3, -0.25) is 0 Å². The minimum absolute atomic E-state index is 0.218. The van der Waals surface area contributed by atoms with Crippen molar-refractivity contribution in [2.75, 3.05) is 12.4 Å². The quantitative estimate of drug-likeness (QED) is 0.709. The second-order valence-corrected chi connectivity index (χ2v) is 5.14. The highest BCUT2D eigenvalue weighted by atomic mass is 32.1. The molecule has 110 valence electrons. The highest BCUT2D eigenvalue weighted by Crippen LogP contribution is 2.35. The first-order valence-corrected chi connectivity index (χ1v) is 7.56. The average Bonchev–Trinajstić information content (AvgIpc) is 2.91. The zero-order valence-electron chi connectivity index (χ0n) is 12.1. The molecule has 0 amide bonds. The number of aromatic hydroxyl groups is 1. The van der Waals surface area contributed by atoms with Gasteiger partial charge in [-0.15, -0.1) is 11.3 Å². The molecule has 0 aliphatic carbocycles. The van der Waals surface area contributed by atoms with Gasteiger partial charge >= 0.3 is 0 Å². The third kappa shape index (κ3) is 3.13. The van der Waals surface area contributed by atoms with E-state index in [-0.39, 0.29) is 11.6 Å². The fourth-order valence-electron chi connectivity index (χ4n) is 1.94. The lowest BCUT2D eigenvalue weighted by atomic mass is 10.2. The van der Waals surface area contributed by atoms with E-state index in [1.165, 1.54) is 23.5 Å². The Morgan fingerprint density at radius 2 is 1.90 bits per heavy atom. The Bertz CT molecular complexity index is 755. The van der Waals surface area contributed by atoms with Crippen LogP contribution in [0, 0.1) is 5.82 Å². The largest absolute Gasteiger partial charge is 0.508 e. The lowest BCUT2D eigenvalue weighted by Gasteiger charge is -2.05. The Morgan fingerprint density at radius 3 is 2.62 bits per heavy atom. The van der Waals surface area contributed by atoms with E-state index in [1.54, 1.807) is 31.3 Å². The molecule has 0 saturated carbocycles. The third-order valence-electron chi connectivity index (χ3n) is 2.85. The molecular weight excluding hydrogens is 287 g/mol. The highest BCUT2D eigenvalue weighted by molar-refractivity contribution is 7.21. The molecule has 0 aliphatic heterocycles. The summed E-state index contributed by atoms with van der Waals surface area (Å²) in [5.74, 6) is -0.0671. The van der Waals surface area contributed by atoms with Gasteiger partial charge < -0.3 is 10.4 Å². The molecule has 0 atom stereocenters. The molecule has 3 nitrogen and oxygen atoms in total. The van der Waals surface area contributed by atoms with E-state index in [4.69, 9.17) is 0 Å². The molecule has 0 saturated heterocycles. The standard InChI is InChI=1S/C14H11FN2OS.C2H6/c1-16-12-6-8(15)2-4-10(12)14-17-11-5-3-9(18)7-13(11)19-14;1-2/h2-7,16,18H,1H3;1-2H3. The smallest absolute Gasteiger partial charge is 0.126 e. The summed E-state index contributed by atoms with van der Waals surface area (Å²) in [6.07, 6.45) is 0. The summed E-state index contributed by atoms with van der Waals surface area (Å²) in [6, 6.07) is 9.62. The molecule has 2 N–H and O–H groups in total. The molecule has 0 bridgehead atoms. The normalized spacial score (nSPS) is 10.1. The van der Waals surface area contributed by atoms with Gasteiger partial charge in [0.25, 0.3) is 0 Å². The number of nitrogens with one attached hydrogen (secondary N) is 1. The van der Waals surface area contributed by atoms with E-state index in [9.17, 15) is 9.50 Å². The molecular formula is C16H17FN2OS. The Hall–Kier alpha value is -2.14. The monoisotopic (exact) mass is 304 g/mol. The van der Waals surface area contributed by atoms with Crippen molar-refractivity contribution in [3.05, 3.63) is 42.2 Å². The Kier molecular flexibility index (Phi) is 4.75. The molecule has 1 heterocycles. The second kappa shape index (κ2) is 6.54. The van der Waals surface area contributed by atoms with Crippen LogP contribution < -0.4 is 5.32 Å². The Morgan fingerprint density at radius 1 is 1.14 bits per heavy atom. The van der Waals surface area contributed by atoms with Gasteiger partial charge in [-0.05, 0) is 36.4 Å². The van der Waals surface area contributed by atoms with E-state index in [0.29, 0.717) is 5.69 Å². The van der Waals surface area contributed by atoms with Crippen molar-refractivity contribution in [1.29, 1.82) is 0 Å². The van der Waals surface area contributed by atoms with Gasteiger partial charge in [-0.25, -0.2) is 9.37 Å². The van der Waals surface area contributed by atoms with Crippen LogP contribution >= 0.6 is 11.3 Å². The minimum Gasteiger partial charge on any atom is -0.508 e. The van der Waals surface area contributed by atoms with Crippen molar-refractivity contribution in [2.24, 2.45) is 0 Å². The van der Waals surface area contributed by atoms with Crippen molar-refractivity contribution in [3.63, 3.8) is 0 Å². The number of nitrogens with zero attached hydrogens (tertiary/aromatic N) is 1. The van der Waals surface area contributed by atoms with Gasteiger partial charge in [0, 0.05) is 18.3 Å². The van der Waals surface area contributed by atoms with Crippen LogP contribution in [-0.4, -0.2) is 17.1 Å². The molecule has 1 aromatic heterocycles. The average molecular weight is 304 g/mol. The number of phenols is 1. The molecule has 3 aromatic rings. The number of hydrogen-bond donors (Lipinski definition) is 2. The minimum atomic E-state index is -0.285.